The molecular formula is C14H10BrFN2OS. The number of hydrogen-bond donors (Lipinski definition) is 2. The maximum absolute atomic E-state index is 13.8. The number of hydrogen-bond acceptors (Lipinski definition) is 2. The normalized spacial score (nSPS) is 10.1. The summed E-state index contributed by atoms with van der Waals surface area (Å²) in [6.45, 7) is 0. The Hall–Kier alpha value is -1.79. The molecule has 102 valence electrons. The Bertz CT molecular complexity index is 691. The highest BCUT2D eigenvalue weighted by Gasteiger charge is 2.14. The lowest BCUT2D eigenvalue weighted by Gasteiger charge is -2.08. The van der Waals surface area contributed by atoms with Crippen LogP contribution in [0.1, 0.15) is 15.9 Å². The first-order valence-corrected chi connectivity index (χ1v) is 6.84. The van der Waals surface area contributed by atoms with Crippen molar-refractivity contribution < 1.29 is 9.18 Å². The van der Waals surface area contributed by atoms with Gasteiger partial charge in [0.15, 0.2) is 0 Å². The number of nitrogens with two attached hydrogens (primary N) is 1. The van der Waals surface area contributed by atoms with E-state index >= 15 is 0 Å². The van der Waals surface area contributed by atoms with Crippen LogP contribution in [0.25, 0.3) is 0 Å². The quantitative estimate of drug-likeness (QED) is 0.831. The van der Waals surface area contributed by atoms with Gasteiger partial charge in [0.1, 0.15) is 10.8 Å². The van der Waals surface area contributed by atoms with Gasteiger partial charge in [0.25, 0.3) is 5.91 Å². The Morgan fingerprint density at radius 3 is 2.65 bits per heavy atom. The Morgan fingerprint density at radius 2 is 1.95 bits per heavy atom. The zero-order valence-electron chi connectivity index (χ0n) is 10.2. The average molecular weight is 353 g/mol. The van der Waals surface area contributed by atoms with E-state index in [1.54, 1.807) is 30.3 Å². The summed E-state index contributed by atoms with van der Waals surface area (Å²) < 4.78 is 14.1. The molecule has 0 atom stereocenters. The van der Waals surface area contributed by atoms with Gasteiger partial charge in [-0.25, -0.2) is 4.39 Å². The molecule has 0 aliphatic rings. The molecule has 0 aliphatic carbocycles. The van der Waals surface area contributed by atoms with Crippen LogP contribution in [0.5, 0.6) is 0 Å². The molecule has 0 fully saturated rings. The van der Waals surface area contributed by atoms with Crippen molar-refractivity contribution in [3.63, 3.8) is 0 Å². The first-order valence-electron chi connectivity index (χ1n) is 5.64. The molecule has 2 aromatic rings. The molecule has 0 saturated heterocycles. The van der Waals surface area contributed by atoms with E-state index < -0.39 is 11.7 Å². The van der Waals surface area contributed by atoms with E-state index in [2.05, 4.69) is 21.2 Å². The monoisotopic (exact) mass is 352 g/mol. The predicted octanol–water partition coefficient (Wildman–Crippen LogP) is 3.47. The molecule has 2 rings (SSSR count). The molecule has 6 heteroatoms. The van der Waals surface area contributed by atoms with E-state index in [0.717, 1.165) is 0 Å². The summed E-state index contributed by atoms with van der Waals surface area (Å²) in [4.78, 5) is 12.3. The number of rotatable bonds is 3. The van der Waals surface area contributed by atoms with Gasteiger partial charge in [-0.2, -0.15) is 0 Å². The minimum atomic E-state index is -0.601. The zero-order valence-corrected chi connectivity index (χ0v) is 12.6. The van der Waals surface area contributed by atoms with Crippen LogP contribution in [-0.4, -0.2) is 10.9 Å². The second kappa shape index (κ2) is 6.11. The average Bonchev–Trinajstić information content (AvgIpc) is 2.42. The number of halogens is 2. The van der Waals surface area contributed by atoms with E-state index in [1.807, 2.05) is 0 Å². The fourth-order valence-electron chi connectivity index (χ4n) is 1.63. The molecule has 20 heavy (non-hydrogen) atoms. The van der Waals surface area contributed by atoms with Crippen molar-refractivity contribution in [2.45, 2.75) is 0 Å². The maximum Gasteiger partial charge on any atom is 0.258 e. The number of thiocarbonyl (C=S) groups is 1. The molecule has 0 unspecified atom stereocenters. The van der Waals surface area contributed by atoms with Gasteiger partial charge < -0.3 is 11.1 Å². The molecule has 0 aromatic heterocycles. The van der Waals surface area contributed by atoms with Crippen molar-refractivity contribution in [1.29, 1.82) is 0 Å². The summed E-state index contributed by atoms with van der Waals surface area (Å²) in [6.07, 6.45) is 0. The minimum absolute atomic E-state index is 0.0416. The number of benzene rings is 2. The lowest BCUT2D eigenvalue weighted by atomic mass is 10.1. The SMILES string of the molecule is NC(=S)c1cccc(NC(=O)c2cccc(Br)c2F)c1. The van der Waals surface area contributed by atoms with E-state index in [0.29, 0.717) is 11.3 Å². The van der Waals surface area contributed by atoms with Gasteiger partial charge in [-0.05, 0) is 40.2 Å². The summed E-state index contributed by atoms with van der Waals surface area (Å²) >= 11 is 7.91. The fourth-order valence-corrected chi connectivity index (χ4v) is 2.12. The van der Waals surface area contributed by atoms with Gasteiger partial charge in [0, 0.05) is 11.3 Å². The number of nitrogens with one attached hydrogen (secondary N) is 1. The Balaban J connectivity index is 2.26. The third-order valence-corrected chi connectivity index (χ3v) is 3.45. The lowest BCUT2D eigenvalue weighted by molar-refractivity contribution is 0.102. The highest BCUT2D eigenvalue weighted by atomic mass is 79.9. The first-order chi connectivity index (χ1) is 9.49. The molecule has 1 amide bonds. The molecule has 2 aromatic carbocycles. The molecular weight excluding hydrogens is 343 g/mol. The van der Waals surface area contributed by atoms with Gasteiger partial charge in [-0.1, -0.05) is 30.4 Å². The van der Waals surface area contributed by atoms with Crippen LogP contribution in [0, 0.1) is 5.82 Å². The predicted molar refractivity (Wildman–Crippen MR) is 84.4 cm³/mol. The smallest absolute Gasteiger partial charge is 0.258 e. The van der Waals surface area contributed by atoms with Crippen LogP contribution < -0.4 is 11.1 Å². The third kappa shape index (κ3) is 3.20. The second-order valence-electron chi connectivity index (χ2n) is 4.00. The second-order valence-corrected chi connectivity index (χ2v) is 5.29. The first kappa shape index (κ1) is 14.6. The molecule has 3 nitrogen and oxygen atoms in total. The topological polar surface area (TPSA) is 55.1 Å². The Morgan fingerprint density at radius 1 is 1.25 bits per heavy atom. The number of anilines is 1. The van der Waals surface area contributed by atoms with Gasteiger partial charge in [-0.15, -0.1) is 0 Å². The highest BCUT2D eigenvalue weighted by molar-refractivity contribution is 9.10. The van der Waals surface area contributed by atoms with Crippen molar-refractivity contribution in [1.82, 2.24) is 0 Å². The summed E-state index contributed by atoms with van der Waals surface area (Å²) in [6, 6.07) is 11.3. The van der Waals surface area contributed by atoms with Crippen molar-refractivity contribution in [3.05, 3.63) is 63.9 Å². The van der Waals surface area contributed by atoms with Crippen molar-refractivity contribution in [2.24, 2.45) is 5.73 Å². The van der Waals surface area contributed by atoms with Crippen molar-refractivity contribution in [3.8, 4) is 0 Å². The van der Waals surface area contributed by atoms with Crippen molar-refractivity contribution in [2.75, 3.05) is 5.32 Å². The van der Waals surface area contributed by atoms with Crippen LogP contribution >= 0.6 is 28.1 Å². The summed E-state index contributed by atoms with van der Waals surface area (Å²) in [5.74, 6) is -1.14. The fraction of sp³-hybridized carbons (Fsp3) is 0. The lowest BCUT2D eigenvalue weighted by Crippen LogP contribution is -2.15. The third-order valence-electron chi connectivity index (χ3n) is 2.60. The molecule has 3 N–H and O–H groups in total. The zero-order chi connectivity index (χ0) is 14.7. The van der Waals surface area contributed by atoms with Crippen LogP contribution in [0.15, 0.2) is 46.9 Å². The maximum atomic E-state index is 13.8. The highest BCUT2D eigenvalue weighted by Crippen LogP contribution is 2.20. The molecule has 0 radical (unpaired) electrons. The molecule has 0 saturated carbocycles. The van der Waals surface area contributed by atoms with E-state index in [9.17, 15) is 9.18 Å². The van der Waals surface area contributed by atoms with Crippen LogP contribution in [0.2, 0.25) is 0 Å². The minimum Gasteiger partial charge on any atom is -0.389 e. The summed E-state index contributed by atoms with van der Waals surface area (Å²) in [5, 5.41) is 2.61. The number of carbonyl (C=O) groups is 1. The Labute approximate surface area is 129 Å². The van der Waals surface area contributed by atoms with Crippen LogP contribution in [-0.2, 0) is 0 Å². The number of amides is 1. The molecule has 0 bridgehead atoms. The van der Waals surface area contributed by atoms with E-state index in [4.69, 9.17) is 18.0 Å². The number of carbonyl (C=O) groups excluding carboxylic acids is 1. The summed E-state index contributed by atoms with van der Waals surface area (Å²) in [7, 11) is 0. The van der Waals surface area contributed by atoms with Crippen LogP contribution in [0.4, 0.5) is 10.1 Å². The summed E-state index contributed by atoms with van der Waals surface area (Å²) in [5.41, 5.74) is 6.61. The van der Waals surface area contributed by atoms with E-state index in [1.165, 1.54) is 12.1 Å². The van der Waals surface area contributed by atoms with E-state index in [-0.39, 0.29) is 15.0 Å². The largest absolute Gasteiger partial charge is 0.389 e. The van der Waals surface area contributed by atoms with Crippen molar-refractivity contribution >= 4 is 44.7 Å². The van der Waals surface area contributed by atoms with Gasteiger partial charge in [0.05, 0.1) is 10.0 Å². The van der Waals surface area contributed by atoms with Gasteiger partial charge in [-0.3, -0.25) is 4.79 Å². The van der Waals surface area contributed by atoms with Gasteiger partial charge >= 0.3 is 0 Å². The molecule has 0 aliphatic heterocycles. The van der Waals surface area contributed by atoms with Gasteiger partial charge in [0.2, 0.25) is 0 Å². The Kier molecular flexibility index (Phi) is 4.46. The van der Waals surface area contributed by atoms with Crippen LogP contribution in [0.3, 0.4) is 0 Å². The molecule has 0 heterocycles. The molecule has 0 spiro atoms. The standard InChI is InChI=1S/C14H10BrFN2OS/c15-11-6-2-5-10(12(11)16)14(19)18-9-4-1-3-8(7-9)13(17)20/h1-7H,(H2,17,20)(H,18,19).